The average molecular weight is 260 g/mol. The molecule has 0 amide bonds. The minimum absolute atomic E-state index is 0.931. The molecule has 1 aromatic heterocycles. The van der Waals surface area contributed by atoms with Gasteiger partial charge >= 0.3 is 0 Å². The van der Waals surface area contributed by atoms with Gasteiger partial charge in [0.05, 0.1) is 10.6 Å². The van der Waals surface area contributed by atoms with Crippen LogP contribution in [0.3, 0.4) is 0 Å². The average Bonchev–Trinajstić information content (AvgIpc) is 2.63. The summed E-state index contributed by atoms with van der Waals surface area (Å²) in [5.74, 6) is 0. The Morgan fingerprint density at radius 3 is 3.11 bits per heavy atom. The van der Waals surface area contributed by atoms with E-state index >= 15 is 0 Å². The highest BCUT2D eigenvalue weighted by Gasteiger charge is 2.28. The molecule has 0 saturated heterocycles. The molecule has 0 radical (unpaired) electrons. The van der Waals surface area contributed by atoms with Crippen molar-refractivity contribution >= 4 is 26.4 Å². The van der Waals surface area contributed by atoms with Crippen molar-refractivity contribution in [2.75, 3.05) is 6.54 Å². The van der Waals surface area contributed by atoms with Crippen molar-refractivity contribution in [3.63, 3.8) is 0 Å². The van der Waals surface area contributed by atoms with E-state index in [0.717, 1.165) is 43.6 Å². The minimum atomic E-state index is -0.931. The summed E-state index contributed by atoms with van der Waals surface area (Å²) in [6.45, 7) is 2.02. The number of nitrogens with one attached hydrogen (secondary N) is 1. The van der Waals surface area contributed by atoms with Gasteiger partial charge in [-0.2, -0.15) is 0 Å². The first-order valence-electron chi connectivity index (χ1n) is 6.60. The van der Waals surface area contributed by atoms with Gasteiger partial charge in [-0.05, 0) is 36.5 Å². The fourth-order valence-electron chi connectivity index (χ4n) is 3.39. The van der Waals surface area contributed by atoms with E-state index in [-0.39, 0.29) is 0 Å². The number of hydrogen-bond acceptors (Lipinski definition) is 2. The van der Waals surface area contributed by atoms with Crippen molar-refractivity contribution in [2.45, 2.75) is 32.2 Å². The van der Waals surface area contributed by atoms with Gasteiger partial charge in [-0.15, -0.1) is 0 Å². The van der Waals surface area contributed by atoms with Gasteiger partial charge in [0.15, 0.2) is 0 Å². The van der Waals surface area contributed by atoms with Crippen molar-refractivity contribution in [1.29, 1.82) is 0 Å². The van der Waals surface area contributed by atoms with E-state index in [0.29, 0.717) is 0 Å². The predicted molar refractivity (Wildman–Crippen MR) is 76.4 cm³/mol. The van der Waals surface area contributed by atoms with Crippen LogP contribution in [0.2, 0.25) is 0 Å². The van der Waals surface area contributed by atoms with Gasteiger partial charge < -0.3 is 9.88 Å². The monoisotopic (exact) mass is 260 g/mol. The Labute approximate surface area is 108 Å². The molecule has 0 saturated carbocycles. The van der Waals surface area contributed by atoms with Crippen molar-refractivity contribution < 1.29 is 4.21 Å². The zero-order valence-corrected chi connectivity index (χ0v) is 11.1. The Balaban J connectivity index is 2.13. The van der Waals surface area contributed by atoms with Crippen LogP contribution in [-0.2, 0) is 29.4 Å². The summed E-state index contributed by atoms with van der Waals surface area (Å²) in [6, 6.07) is 0. The largest absolute Gasteiger partial charge is 0.319 e. The molecule has 1 aromatic rings. The molecule has 0 fully saturated rings. The number of aromatic nitrogens is 1. The van der Waals surface area contributed by atoms with Crippen molar-refractivity contribution in [1.82, 2.24) is 9.88 Å². The summed E-state index contributed by atoms with van der Waals surface area (Å²) in [4.78, 5) is 1.13. The molecule has 0 atom stereocenters. The maximum atomic E-state index is 12.2. The standard InChI is InChI=1S/C14H16N2OS/c17-18-8-2-7-16-12-5-6-15-9-11(12)10-3-1-4-13(18)14(10)16/h2,7-8,15H,1,3-6,9H2. The second kappa shape index (κ2) is 3.87. The van der Waals surface area contributed by atoms with E-state index in [2.05, 4.69) is 16.1 Å². The number of hydrogen-bond donors (Lipinski definition) is 1. The van der Waals surface area contributed by atoms with Gasteiger partial charge in [0.1, 0.15) is 0 Å². The quantitative estimate of drug-likeness (QED) is 0.707. The van der Waals surface area contributed by atoms with Crippen LogP contribution in [0.25, 0.3) is 6.20 Å². The van der Waals surface area contributed by atoms with Crippen molar-refractivity contribution in [3.8, 4) is 0 Å². The molecule has 0 bridgehead atoms. The maximum Gasteiger partial charge on any atom is 0.0642 e. The minimum Gasteiger partial charge on any atom is -0.319 e. The molecule has 1 aliphatic carbocycles. The fraction of sp³-hybridized carbons (Fsp3) is 0.429. The molecule has 2 aliphatic heterocycles. The Morgan fingerprint density at radius 1 is 1.22 bits per heavy atom. The third-order valence-electron chi connectivity index (χ3n) is 4.15. The first kappa shape index (κ1) is 10.6. The van der Waals surface area contributed by atoms with Crippen molar-refractivity contribution in [3.05, 3.63) is 28.6 Å². The smallest absolute Gasteiger partial charge is 0.0642 e. The Kier molecular flexibility index (Phi) is 2.29. The summed E-state index contributed by atoms with van der Waals surface area (Å²) in [7, 11) is -0.931. The number of allylic oxidation sites excluding steroid dienone is 1. The molecule has 0 aromatic carbocycles. The molecule has 3 aliphatic rings. The first-order valence-corrected chi connectivity index (χ1v) is 7.81. The van der Waals surface area contributed by atoms with E-state index in [1.54, 1.807) is 0 Å². The third-order valence-corrected chi connectivity index (χ3v) is 5.43. The summed E-state index contributed by atoms with van der Waals surface area (Å²) in [6.07, 6.45) is 8.38. The maximum absolute atomic E-state index is 12.2. The lowest BCUT2D eigenvalue weighted by molar-refractivity contribution is 0.627. The Hall–Kier alpha value is -1.26. The van der Waals surface area contributed by atoms with Crippen LogP contribution < -0.4 is 5.32 Å². The van der Waals surface area contributed by atoms with Crippen LogP contribution in [0.1, 0.15) is 35.4 Å². The van der Waals surface area contributed by atoms with Gasteiger partial charge in [0.2, 0.25) is 0 Å². The molecule has 3 nitrogen and oxygen atoms in total. The number of nitrogens with zero attached hydrogens (tertiary/aromatic N) is 1. The highest BCUT2D eigenvalue weighted by Crippen LogP contribution is 2.32. The van der Waals surface area contributed by atoms with Crippen LogP contribution >= 0.6 is 0 Å². The molecule has 0 unspecified atom stereocenters. The van der Waals surface area contributed by atoms with Crippen LogP contribution in [0.5, 0.6) is 0 Å². The van der Waals surface area contributed by atoms with Gasteiger partial charge in [-0.25, -0.2) is 4.21 Å². The summed E-state index contributed by atoms with van der Waals surface area (Å²) in [5.41, 5.74) is 5.61. The molecule has 18 heavy (non-hydrogen) atoms. The molecule has 3 heterocycles. The predicted octanol–water partition coefficient (Wildman–Crippen LogP) is 1.03. The summed E-state index contributed by atoms with van der Waals surface area (Å²) < 4.78 is 14.6. The lowest BCUT2D eigenvalue weighted by atomic mass is 9.93. The SMILES string of the molecule is O=S1=CC=Cn2c3c(c4c2C=1CCC4)CNCC3. The third kappa shape index (κ3) is 1.33. The van der Waals surface area contributed by atoms with E-state index < -0.39 is 9.98 Å². The van der Waals surface area contributed by atoms with E-state index in [4.69, 9.17) is 0 Å². The molecule has 1 N–H and O–H groups in total. The summed E-state index contributed by atoms with van der Waals surface area (Å²) >= 11 is 0. The van der Waals surface area contributed by atoms with Gasteiger partial charge in [0.25, 0.3) is 0 Å². The summed E-state index contributed by atoms with van der Waals surface area (Å²) in [5, 5.41) is 5.28. The van der Waals surface area contributed by atoms with E-state index in [1.165, 1.54) is 22.5 Å². The van der Waals surface area contributed by atoms with E-state index in [1.807, 2.05) is 11.4 Å². The molecule has 4 heteroatoms. The van der Waals surface area contributed by atoms with Crippen LogP contribution in [-0.4, -0.2) is 25.6 Å². The topological polar surface area (TPSA) is 34.0 Å². The molecule has 4 rings (SSSR count). The zero-order chi connectivity index (χ0) is 12.1. The highest BCUT2D eigenvalue weighted by molar-refractivity contribution is 7.84. The van der Waals surface area contributed by atoms with Gasteiger partial charge in [-0.1, -0.05) is 0 Å². The number of rotatable bonds is 0. The number of fused-ring (bicyclic) bond motifs is 3. The molecule has 94 valence electrons. The second-order valence-corrected chi connectivity index (χ2v) is 6.46. The van der Waals surface area contributed by atoms with Gasteiger partial charge in [0, 0.05) is 46.7 Å². The van der Waals surface area contributed by atoms with E-state index in [9.17, 15) is 4.21 Å². The highest BCUT2D eigenvalue weighted by atomic mass is 32.1. The normalized spacial score (nSPS) is 21.1. The van der Waals surface area contributed by atoms with Gasteiger partial charge in [-0.3, -0.25) is 0 Å². The molecule has 0 spiro atoms. The first-order chi connectivity index (χ1) is 8.86. The molecular formula is C14H16N2OS. The van der Waals surface area contributed by atoms with Crippen LogP contribution in [0.4, 0.5) is 0 Å². The fourth-order valence-corrected chi connectivity index (χ4v) is 4.53. The Bertz CT molecular complexity index is 707. The lowest BCUT2D eigenvalue weighted by Crippen LogP contribution is -2.24. The lowest BCUT2D eigenvalue weighted by Gasteiger charge is -2.16. The van der Waals surface area contributed by atoms with Crippen LogP contribution in [0, 0.1) is 0 Å². The molecular weight excluding hydrogens is 244 g/mol. The second-order valence-electron chi connectivity index (χ2n) is 5.10. The van der Waals surface area contributed by atoms with Crippen LogP contribution in [0.15, 0.2) is 6.08 Å². The zero-order valence-electron chi connectivity index (χ0n) is 10.2. The Morgan fingerprint density at radius 2 is 2.17 bits per heavy atom. The van der Waals surface area contributed by atoms with Crippen molar-refractivity contribution in [2.24, 2.45) is 0 Å².